The van der Waals surface area contributed by atoms with Crippen molar-refractivity contribution < 1.29 is 14.3 Å². The third kappa shape index (κ3) is 5.45. The number of nitrogens with one attached hydrogen (secondary N) is 1. The topological polar surface area (TPSA) is 55.4 Å². The Hall–Kier alpha value is -2.27. The van der Waals surface area contributed by atoms with Crippen LogP contribution in [0.15, 0.2) is 52.3 Å². The van der Waals surface area contributed by atoms with Crippen molar-refractivity contribution >= 4 is 29.3 Å². The van der Waals surface area contributed by atoms with E-state index in [4.69, 9.17) is 0 Å². The highest BCUT2D eigenvalue weighted by Crippen LogP contribution is 2.29. The molecule has 0 heterocycles. The number of carbonyl (C=O) groups is 2. The van der Waals surface area contributed by atoms with Gasteiger partial charge in [0.1, 0.15) is 0 Å². The minimum Gasteiger partial charge on any atom is -0.456 e. The molecule has 0 saturated heterocycles. The molecule has 0 aromatic heterocycles. The molecule has 0 aliphatic rings. The molecule has 1 N–H and O–H groups in total. The van der Waals surface area contributed by atoms with E-state index >= 15 is 0 Å². The van der Waals surface area contributed by atoms with Crippen LogP contribution in [0.4, 0.5) is 5.69 Å². The first-order chi connectivity index (χ1) is 10.9. The summed E-state index contributed by atoms with van der Waals surface area (Å²) >= 11 is 1.67. The molecule has 0 radical (unpaired) electrons. The molecule has 120 valence electrons. The van der Waals surface area contributed by atoms with Crippen molar-refractivity contribution in [2.45, 2.75) is 30.6 Å². The molecule has 2 rings (SSSR count). The van der Waals surface area contributed by atoms with Crippen LogP contribution in [0.3, 0.4) is 0 Å². The Morgan fingerprint density at radius 3 is 2.26 bits per heavy atom. The molecule has 5 heteroatoms. The van der Waals surface area contributed by atoms with Crippen molar-refractivity contribution in [2.75, 3.05) is 11.9 Å². The predicted molar refractivity (Wildman–Crippen MR) is 91.7 cm³/mol. The van der Waals surface area contributed by atoms with Crippen LogP contribution in [0.25, 0.3) is 0 Å². The van der Waals surface area contributed by atoms with E-state index in [-0.39, 0.29) is 12.5 Å². The Kier molecular flexibility index (Phi) is 5.82. The summed E-state index contributed by atoms with van der Waals surface area (Å²) in [5.74, 6) is -0.824. The van der Waals surface area contributed by atoms with E-state index in [1.54, 1.807) is 11.8 Å². The third-order valence-electron chi connectivity index (χ3n) is 3.26. The molecular formula is C18H19NO3S. The van der Waals surface area contributed by atoms with Crippen LogP contribution in [-0.2, 0) is 14.3 Å². The summed E-state index contributed by atoms with van der Waals surface area (Å²) in [6, 6.07) is 13.9. The lowest BCUT2D eigenvalue weighted by Gasteiger charge is -2.08. The van der Waals surface area contributed by atoms with Gasteiger partial charge in [-0.25, -0.2) is 0 Å². The van der Waals surface area contributed by atoms with Crippen LogP contribution >= 0.6 is 11.8 Å². The van der Waals surface area contributed by atoms with Gasteiger partial charge in [0.05, 0.1) is 0 Å². The number of hydrogen-bond acceptors (Lipinski definition) is 4. The molecule has 1 amide bonds. The average Bonchev–Trinajstić information content (AvgIpc) is 2.51. The summed E-state index contributed by atoms with van der Waals surface area (Å²) in [4.78, 5) is 24.5. The SMILES string of the molecule is CC(=O)OCC(=O)Nc1ccc(Sc2ccc(C)c(C)c2)cc1. The minimum absolute atomic E-state index is 0.269. The Morgan fingerprint density at radius 2 is 1.65 bits per heavy atom. The molecule has 0 unspecified atom stereocenters. The van der Waals surface area contributed by atoms with Gasteiger partial charge in [-0.3, -0.25) is 9.59 Å². The van der Waals surface area contributed by atoms with E-state index in [1.807, 2.05) is 24.3 Å². The Balaban J connectivity index is 1.95. The van der Waals surface area contributed by atoms with Gasteiger partial charge in [0.2, 0.25) is 0 Å². The molecule has 4 nitrogen and oxygen atoms in total. The van der Waals surface area contributed by atoms with Crippen LogP contribution in [0, 0.1) is 13.8 Å². The van der Waals surface area contributed by atoms with Crippen LogP contribution in [0.2, 0.25) is 0 Å². The fourth-order valence-electron chi connectivity index (χ4n) is 1.88. The second-order valence-electron chi connectivity index (χ2n) is 5.20. The van der Waals surface area contributed by atoms with Gasteiger partial charge in [-0.2, -0.15) is 0 Å². The maximum Gasteiger partial charge on any atom is 0.303 e. The number of anilines is 1. The van der Waals surface area contributed by atoms with Gasteiger partial charge in [0.25, 0.3) is 5.91 Å². The fraction of sp³-hybridized carbons (Fsp3) is 0.222. The maximum absolute atomic E-state index is 11.6. The highest BCUT2D eigenvalue weighted by molar-refractivity contribution is 7.99. The van der Waals surface area contributed by atoms with Crippen molar-refractivity contribution in [3.8, 4) is 0 Å². The number of aryl methyl sites for hydroxylation is 2. The van der Waals surface area contributed by atoms with Crippen LogP contribution in [0.5, 0.6) is 0 Å². The number of hydrogen-bond donors (Lipinski definition) is 1. The molecule has 0 atom stereocenters. The van der Waals surface area contributed by atoms with Gasteiger partial charge in [0.15, 0.2) is 6.61 Å². The summed E-state index contributed by atoms with van der Waals surface area (Å²) in [6.07, 6.45) is 0. The molecule has 0 spiro atoms. The van der Waals surface area contributed by atoms with Crippen LogP contribution in [-0.4, -0.2) is 18.5 Å². The number of benzene rings is 2. The molecule has 23 heavy (non-hydrogen) atoms. The Bertz CT molecular complexity index is 711. The Morgan fingerprint density at radius 1 is 1.00 bits per heavy atom. The largest absolute Gasteiger partial charge is 0.456 e. The zero-order chi connectivity index (χ0) is 16.8. The highest BCUT2D eigenvalue weighted by atomic mass is 32.2. The monoisotopic (exact) mass is 329 g/mol. The van der Waals surface area contributed by atoms with E-state index in [2.05, 4.69) is 42.1 Å². The van der Waals surface area contributed by atoms with E-state index in [1.165, 1.54) is 22.9 Å². The maximum atomic E-state index is 11.6. The normalized spacial score (nSPS) is 10.2. The van der Waals surface area contributed by atoms with E-state index in [0.29, 0.717) is 5.69 Å². The summed E-state index contributed by atoms with van der Waals surface area (Å²) in [5, 5.41) is 2.68. The fourth-order valence-corrected chi connectivity index (χ4v) is 2.80. The number of esters is 1. The summed E-state index contributed by atoms with van der Waals surface area (Å²) in [5.41, 5.74) is 3.22. The van der Waals surface area contributed by atoms with Gasteiger partial charge >= 0.3 is 5.97 Å². The predicted octanol–water partition coefficient (Wildman–Crippen LogP) is 3.96. The number of rotatable bonds is 5. The summed E-state index contributed by atoms with van der Waals surface area (Å²) < 4.78 is 4.64. The molecule has 2 aromatic carbocycles. The van der Waals surface area contributed by atoms with Gasteiger partial charge in [-0.1, -0.05) is 17.8 Å². The van der Waals surface area contributed by atoms with Crippen LogP contribution in [0.1, 0.15) is 18.1 Å². The smallest absolute Gasteiger partial charge is 0.303 e. The molecule has 0 fully saturated rings. The number of carbonyl (C=O) groups excluding carboxylic acids is 2. The lowest BCUT2D eigenvalue weighted by atomic mass is 10.1. The minimum atomic E-state index is -0.472. The molecular weight excluding hydrogens is 310 g/mol. The van der Waals surface area contributed by atoms with Crippen molar-refractivity contribution in [1.82, 2.24) is 0 Å². The third-order valence-corrected chi connectivity index (χ3v) is 4.26. The highest BCUT2D eigenvalue weighted by Gasteiger charge is 2.05. The van der Waals surface area contributed by atoms with Crippen molar-refractivity contribution in [1.29, 1.82) is 0 Å². The molecule has 2 aromatic rings. The van der Waals surface area contributed by atoms with E-state index in [9.17, 15) is 9.59 Å². The average molecular weight is 329 g/mol. The standard InChI is InChI=1S/C18H19NO3S/c1-12-4-7-17(10-13(12)2)23-16-8-5-15(6-9-16)19-18(21)11-22-14(3)20/h4-10H,11H2,1-3H3,(H,19,21). The lowest BCUT2D eigenvalue weighted by Crippen LogP contribution is -2.19. The quantitative estimate of drug-likeness (QED) is 0.844. The second kappa shape index (κ2) is 7.83. The summed E-state index contributed by atoms with van der Waals surface area (Å²) in [7, 11) is 0. The van der Waals surface area contributed by atoms with Gasteiger partial charge in [-0.05, 0) is 61.4 Å². The first-order valence-corrected chi connectivity index (χ1v) is 8.04. The summed E-state index contributed by atoms with van der Waals surface area (Å²) in [6.45, 7) is 5.19. The van der Waals surface area contributed by atoms with Crippen LogP contribution < -0.4 is 5.32 Å². The van der Waals surface area contributed by atoms with E-state index in [0.717, 1.165) is 4.90 Å². The van der Waals surface area contributed by atoms with Gasteiger partial charge in [-0.15, -0.1) is 0 Å². The van der Waals surface area contributed by atoms with Crippen molar-refractivity contribution in [3.05, 3.63) is 53.6 Å². The number of ether oxygens (including phenoxy) is 1. The first-order valence-electron chi connectivity index (χ1n) is 7.22. The molecule has 0 saturated carbocycles. The molecule has 0 bridgehead atoms. The van der Waals surface area contributed by atoms with Gasteiger partial charge < -0.3 is 10.1 Å². The number of amides is 1. The lowest BCUT2D eigenvalue weighted by molar-refractivity contribution is -0.144. The van der Waals surface area contributed by atoms with E-state index < -0.39 is 5.97 Å². The zero-order valence-electron chi connectivity index (χ0n) is 13.4. The van der Waals surface area contributed by atoms with Gasteiger partial charge in [0, 0.05) is 22.4 Å². The van der Waals surface area contributed by atoms with Crippen molar-refractivity contribution in [2.24, 2.45) is 0 Å². The Labute approximate surface area is 140 Å². The first kappa shape index (κ1) is 17.1. The zero-order valence-corrected chi connectivity index (χ0v) is 14.2. The molecule has 0 aliphatic heterocycles. The van der Waals surface area contributed by atoms with Crippen molar-refractivity contribution in [3.63, 3.8) is 0 Å². The molecule has 0 aliphatic carbocycles. The second-order valence-corrected chi connectivity index (χ2v) is 6.35.